The lowest BCUT2D eigenvalue weighted by Gasteiger charge is -2.19. The van der Waals surface area contributed by atoms with Crippen LogP contribution in [0.5, 0.6) is 0 Å². The highest BCUT2D eigenvalue weighted by Gasteiger charge is 2.33. The second-order valence-corrected chi connectivity index (χ2v) is 6.99. The Morgan fingerprint density at radius 2 is 2.25 bits per heavy atom. The molecule has 1 N–H and O–H groups in total. The fraction of sp³-hybridized carbons (Fsp3) is 0.733. The highest BCUT2D eigenvalue weighted by atomic mass is 32.1. The van der Waals surface area contributed by atoms with Gasteiger partial charge in [-0.15, -0.1) is 11.3 Å². The third kappa shape index (κ3) is 2.55. The van der Waals surface area contributed by atoms with Crippen molar-refractivity contribution in [3.63, 3.8) is 0 Å². The Kier molecular flexibility index (Phi) is 3.96. The van der Waals surface area contributed by atoms with E-state index in [0.29, 0.717) is 0 Å². The summed E-state index contributed by atoms with van der Waals surface area (Å²) in [7, 11) is 0. The Labute approximate surface area is 123 Å². The van der Waals surface area contributed by atoms with Crippen molar-refractivity contribution in [2.75, 3.05) is 18.0 Å². The molecule has 1 aliphatic heterocycles. The molecule has 110 valence electrons. The van der Waals surface area contributed by atoms with Crippen molar-refractivity contribution < 1.29 is 9.90 Å². The van der Waals surface area contributed by atoms with E-state index in [2.05, 4.69) is 16.8 Å². The fourth-order valence-electron chi connectivity index (χ4n) is 3.35. The number of aryl methyl sites for hydroxylation is 1. The Morgan fingerprint density at radius 1 is 1.40 bits per heavy atom. The number of nitrogens with zero attached hydrogens (tertiary/aromatic N) is 2. The number of hydrogen-bond acceptors (Lipinski definition) is 4. The number of carboxylic acid groups (broad SMARTS) is 1. The molecule has 2 atom stereocenters. The normalized spacial score (nSPS) is 26.4. The van der Waals surface area contributed by atoms with Crippen molar-refractivity contribution in [3.05, 3.63) is 10.6 Å². The van der Waals surface area contributed by atoms with Crippen LogP contribution >= 0.6 is 11.3 Å². The van der Waals surface area contributed by atoms with Crippen molar-refractivity contribution >= 4 is 22.4 Å². The highest BCUT2D eigenvalue weighted by molar-refractivity contribution is 7.15. The molecule has 2 unspecified atom stereocenters. The lowest BCUT2D eigenvalue weighted by atomic mass is 9.98. The first kappa shape index (κ1) is 13.9. The van der Waals surface area contributed by atoms with E-state index < -0.39 is 5.97 Å². The Morgan fingerprint density at radius 3 is 3.00 bits per heavy atom. The van der Waals surface area contributed by atoms with Gasteiger partial charge in [0.2, 0.25) is 0 Å². The number of carbonyl (C=O) groups is 1. The number of hydrogen-bond donors (Lipinski definition) is 1. The molecule has 0 spiro atoms. The van der Waals surface area contributed by atoms with Crippen LogP contribution in [0, 0.1) is 5.92 Å². The number of anilines is 1. The lowest BCUT2D eigenvalue weighted by Crippen LogP contribution is -2.24. The van der Waals surface area contributed by atoms with Crippen LogP contribution in [0.1, 0.15) is 55.5 Å². The lowest BCUT2D eigenvalue weighted by molar-refractivity contribution is -0.138. The van der Waals surface area contributed by atoms with E-state index in [0.717, 1.165) is 42.7 Å². The topological polar surface area (TPSA) is 53.4 Å². The third-order valence-corrected chi connectivity index (χ3v) is 5.89. The zero-order valence-corrected chi connectivity index (χ0v) is 12.8. The minimum absolute atomic E-state index is 0.370. The van der Waals surface area contributed by atoms with Crippen molar-refractivity contribution in [2.45, 2.75) is 51.4 Å². The molecule has 2 heterocycles. The first-order chi connectivity index (χ1) is 9.69. The van der Waals surface area contributed by atoms with Gasteiger partial charge in [-0.2, -0.15) is 0 Å². The second-order valence-electron chi connectivity index (χ2n) is 5.93. The number of rotatable bonds is 3. The van der Waals surface area contributed by atoms with Crippen LogP contribution in [-0.4, -0.2) is 29.1 Å². The summed E-state index contributed by atoms with van der Waals surface area (Å²) in [5.41, 5.74) is 0.841. The van der Waals surface area contributed by atoms with Crippen LogP contribution in [0.15, 0.2) is 0 Å². The number of aliphatic carboxylic acids is 1. The van der Waals surface area contributed by atoms with Gasteiger partial charge in [0.25, 0.3) is 0 Å². The molecule has 3 rings (SSSR count). The predicted molar refractivity (Wildman–Crippen MR) is 80.7 cm³/mol. The van der Waals surface area contributed by atoms with E-state index in [1.165, 1.54) is 30.6 Å². The van der Waals surface area contributed by atoms with Gasteiger partial charge in [-0.25, -0.2) is 4.98 Å². The Bertz CT molecular complexity index is 500. The van der Waals surface area contributed by atoms with Crippen molar-refractivity contribution in [2.24, 2.45) is 5.92 Å². The van der Waals surface area contributed by atoms with Crippen LogP contribution in [0.2, 0.25) is 0 Å². The predicted octanol–water partition coefficient (Wildman–Crippen LogP) is 3.27. The summed E-state index contributed by atoms with van der Waals surface area (Å²) in [6.45, 7) is 4.42. The van der Waals surface area contributed by atoms with Crippen molar-refractivity contribution in [1.29, 1.82) is 0 Å². The van der Waals surface area contributed by atoms with E-state index in [1.807, 2.05) is 0 Å². The number of thiazole rings is 1. The summed E-state index contributed by atoms with van der Waals surface area (Å²) >= 11 is 1.72. The molecule has 1 saturated heterocycles. The zero-order chi connectivity index (χ0) is 14.1. The van der Waals surface area contributed by atoms with Crippen molar-refractivity contribution in [3.8, 4) is 0 Å². The van der Waals surface area contributed by atoms with Crippen LogP contribution in [0.25, 0.3) is 0 Å². The average molecular weight is 294 g/mol. The summed E-state index contributed by atoms with van der Waals surface area (Å²) < 4.78 is 0. The van der Waals surface area contributed by atoms with Gasteiger partial charge in [-0.1, -0.05) is 13.3 Å². The monoisotopic (exact) mass is 294 g/mol. The van der Waals surface area contributed by atoms with E-state index in [9.17, 15) is 9.90 Å². The summed E-state index contributed by atoms with van der Waals surface area (Å²) in [4.78, 5) is 19.5. The fourth-order valence-corrected chi connectivity index (χ4v) is 4.54. The number of carboxylic acids is 1. The van der Waals surface area contributed by atoms with E-state index in [4.69, 9.17) is 0 Å². The second kappa shape index (κ2) is 5.72. The summed E-state index contributed by atoms with van der Waals surface area (Å²) in [6, 6.07) is 0. The highest BCUT2D eigenvalue weighted by Crippen LogP contribution is 2.40. The van der Waals surface area contributed by atoms with Gasteiger partial charge in [0, 0.05) is 18.0 Å². The summed E-state index contributed by atoms with van der Waals surface area (Å²) in [5.74, 6) is -0.244. The van der Waals surface area contributed by atoms with Crippen LogP contribution in [0.3, 0.4) is 0 Å². The molecule has 20 heavy (non-hydrogen) atoms. The molecule has 0 amide bonds. The largest absolute Gasteiger partial charge is 0.481 e. The van der Waals surface area contributed by atoms with Gasteiger partial charge in [0.05, 0.1) is 5.69 Å². The molecule has 2 aliphatic rings. The van der Waals surface area contributed by atoms with E-state index in [1.54, 1.807) is 11.3 Å². The van der Waals surface area contributed by atoms with Crippen LogP contribution in [0.4, 0.5) is 5.13 Å². The third-order valence-electron chi connectivity index (χ3n) is 4.70. The molecule has 1 aromatic heterocycles. The standard InChI is InChI=1S/C15H22N2O2S/c1-2-10-4-3-8-17(9-7-10)15-16-13-11(14(18)19)5-6-12(13)20-15/h10-11H,2-9H2,1H3,(H,18,19). The van der Waals surface area contributed by atoms with Gasteiger partial charge >= 0.3 is 5.97 Å². The maximum Gasteiger partial charge on any atom is 0.312 e. The number of aromatic nitrogens is 1. The van der Waals surface area contributed by atoms with Gasteiger partial charge in [-0.05, 0) is 38.0 Å². The number of fused-ring (bicyclic) bond motifs is 1. The first-order valence-corrected chi connectivity index (χ1v) is 8.48. The van der Waals surface area contributed by atoms with Crippen LogP contribution in [-0.2, 0) is 11.2 Å². The molecule has 5 heteroatoms. The zero-order valence-electron chi connectivity index (χ0n) is 12.0. The molecule has 4 nitrogen and oxygen atoms in total. The molecular formula is C15H22N2O2S. The quantitative estimate of drug-likeness (QED) is 0.929. The summed E-state index contributed by atoms with van der Waals surface area (Å²) in [5, 5.41) is 10.3. The molecule has 0 radical (unpaired) electrons. The minimum Gasteiger partial charge on any atom is -0.481 e. The molecule has 1 aliphatic carbocycles. The molecule has 0 saturated carbocycles. The molecular weight excluding hydrogens is 272 g/mol. The Hall–Kier alpha value is -1.10. The molecule has 0 bridgehead atoms. The van der Waals surface area contributed by atoms with Gasteiger partial charge in [-0.3, -0.25) is 4.79 Å². The minimum atomic E-state index is -0.720. The van der Waals surface area contributed by atoms with Crippen molar-refractivity contribution in [1.82, 2.24) is 4.98 Å². The van der Waals surface area contributed by atoms with Gasteiger partial charge < -0.3 is 10.0 Å². The van der Waals surface area contributed by atoms with E-state index in [-0.39, 0.29) is 5.92 Å². The molecule has 0 aromatic carbocycles. The van der Waals surface area contributed by atoms with Gasteiger partial charge in [0.15, 0.2) is 5.13 Å². The van der Waals surface area contributed by atoms with Crippen LogP contribution < -0.4 is 4.90 Å². The average Bonchev–Trinajstić information content (AvgIpc) is 2.91. The summed E-state index contributed by atoms with van der Waals surface area (Å²) in [6.07, 6.45) is 6.66. The van der Waals surface area contributed by atoms with Gasteiger partial charge in [0.1, 0.15) is 5.92 Å². The molecule has 1 fully saturated rings. The maximum atomic E-state index is 11.2. The van der Waals surface area contributed by atoms with E-state index >= 15 is 0 Å². The molecule has 1 aromatic rings. The smallest absolute Gasteiger partial charge is 0.312 e. The Balaban J connectivity index is 1.75. The first-order valence-electron chi connectivity index (χ1n) is 7.66. The SMILES string of the molecule is CCC1CCCN(c2nc3c(s2)CCC3C(=O)O)CC1. The maximum absolute atomic E-state index is 11.2.